The number of thioether (sulfide) groups is 1. The zero-order valence-corrected chi connectivity index (χ0v) is 20.5. The molecule has 0 unspecified atom stereocenters. The van der Waals surface area contributed by atoms with Gasteiger partial charge in [-0.3, -0.25) is 15.1 Å². The lowest BCUT2D eigenvalue weighted by Gasteiger charge is -2.27. The summed E-state index contributed by atoms with van der Waals surface area (Å²) in [5, 5.41) is 11.3. The highest BCUT2D eigenvalue weighted by molar-refractivity contribution is 8.17. The van der Waals surface area contributed by atoms with Gasteiger partial charge < -0.3 is 9.30 Å². The van der Waals surface area contributed by atoms with Crippen molar-refractivity contribution in [1.29, 1.82) is 5.41 Å². The van der Waals surface area contributed by atoms with Crippen LogP contribution in [-0.4, -0.2) is 33.0 Å². The molecule has 2 aliphatic rings. The number of aromatic nitrogens is 1. The van der Waals surface area contributed by atoms with E-state index >= 15 is 0 Å². The standard InChI is InChI=1S/C28H26N4O2S/c1-19(2)22-12-6-7-13-25(22)34-16-15-31-14-8-11-21(31)17-23-26(29)32-24(20-9-4-3-5-10-20)18-35-28(32)30-27(23)33/h3-14,17-19,29H,15-16H2,1-2H3. The number of hydrogen-bond donors (Lipinski definition) is 1. The Bertz CT molecular complexity index is 1370. The second-order valence-corrected chi connectivity index (χ2v) is 9.43. The summed E-state index contributed by atoms with van der Waals surface area (Å²) in [5.41, 5.74) is 4.11. The number of rotatable bonds is 7. The fourth-order valence-corrected chi connectivity index (χ4v) is 5.06. The van der Waals surface area contributed by atoms with Gasteiger partial charge in [0.05, 0.1) is 17.8 Å². The summed E-state index contributed by atoms with van der Waals surface area (Å²) in [6, 6.07) is 21.8. The number of carbonyl (C=O) groups is 1. The van der Waals surface area contributed by atoms with Crippen molar-refractivity contribution in [3.8, 4) is 5.75 Å². The van der Waals surface area contributed by atoms with Crippen molar-refractivity contribution in [3.63, 3.8) is 0 Å². The van der Waals surface area contributed by atoms with Crippen LogP contribution in [0.2, 0.25) is 0 Å². The van der Waals surface area contributed by atoms with E-state index in [0.29, 0.717) is 24.2 Å². The van der Waals surface area contributed by atoms with Gasteiger partial charge in [0.15, 0.2) is 5.17 Å². The average Bonchev–Trinajstić information content (AvgIpc) is 3.49. The van der Waals surface area contributed by atoms with Crippen LogP contribution in [0.25, 0.3) is 11.8 Å². The Morgan fingerprint density at radius 2 is 1.83 bits per heavy atom. The molecule has 0 spiro atoms. The molecule has 0 radical (unpaired) electrons. The van der Waals surface area contributed by atoms with E-state index in [0.717, 1.165) is 22.7 Å². The van der Waals surface area contributed by atoms with E-state index in [2.05, 4.69) is 24.9 Å². The fraction of sp³-hybridized carbons (Fsp3) is 0.179. The lowest BCUT2D eigenvalue weighted by molar-refractivity contribution is -0.114. The molecular weight excluding hydrogens is 456 g/mol. The Balaban J connectivity index is 1.35. The molecule has 0 fully saturated rings. The number of amides is 1. The molecule has 6 nitrogen and oxygen atoms in total. The number of benzene rings is 2. The number of carbonyl (C=O) groups excluding carboxylic acids is 1. The maximum atomic E-state index is 12.8. The summed E-state index contributed by atoms with van der Waals surface area (Å²) in [7, 11) is 0. The third kappa shape index (κ3) is 4.59. The summed E-state index contributed by atoms with van der Waals surface area (Å²) < 4.78 is 8.11. The predicted octanol–water partition coefficient (Wildman–Crippen LogP) is 5.99. The van der Waals surface area contributed by atoms with Crippen LogP contribution in [0.4, 0.5) is 0 Å². The Hall–Kier alpha value is -3.84. The lowest BCUT2D eigenvalue weighted by Crippen LogP contribution is -2.38. The summed E-state index contributed by atoms with van der Waals surface area (Å²) in [5.74, 6) is 1.01. The molecule has 1 aromatic heterocycles. The highest BCUT2D eigenvalue weighted by atomic mass is 32.2. The van der Waals surface area contributed by atoms with Gasteiger partial charge in [0.2, 0.25) is 0 Å². The SMILES string of the molecule is CC(C)c1ccccc1OCCn1cccc1C=C1C(=N)N2C(c3ccccc3)=CSC2=NC1=O. The van der Waals surface area contributed by atoms with Crippen LogP contribution in [0.3, 0.4) is 0 Å². The minimum atomic E-state index is -0.397. The van der Waals surface area contributed by atoms with E-state index in [1.54, 1.807) is 11.0 Å². The van der Waals surface area contributed by atoms with Gasteiger partial charge >= 0.3 is 0 Å². The van der Waals surface area contributed by atoms with Gasteiger partial charge in [-0.25, -0.2) is 0 Å². The van der Waals surface area contributed by atoms with Crippen molar-refractivity contribution in [2.24, 2.45) is 4.99 Å². The summed E-state index contributed by atoms with van der Waals surface area (Å²) in [4.78, 5) is 18.8. The van der Waals surface area contributed by atoms with Crippen molar-refractivity contribution in [2.45, 2.75) is 26.3 Å². The minimum Gasteiger partial charge on any atom is -0.491 e. The molecule has 0 aliphatic carbocycles. The summed E-state index contributed by atoms with van der Waals surface area (Å²) in [6.45, 7) is 5.41. The molecule has 35 heavy (non-hydrogen) atoms. The number of hydrogen-bond acceptors (Lipinski definition) is 4. The molecule has 176 valence electrons. The highest BCUT2D eigenvalue weighted by Gasteiger charge is 2.36. The first-order chi connectivity index (χ1) is 17.0. The molecule has 3 aromatic rings. The molecule has 5 rings (SSSR count). The third-order valence-corrected chi connectivity index (χ3v) is 6.80. The summed E-state index contributed by atoms with van der Waals surface area (Å²) in [6.07, 6.45) is 3.70. The van der Waals surface area contributed by atoms with Crippen molar-refractivity contribution < 1.29 is 9.53 Å². The maximum absolute atomic E-state index is 12.8. The quantitative estimate of drug-likeness (QED) is 0.420. The largest absolute Gasteiger partial charge is 0.491 e. The van der Waals surface area contributed by atoms with E-state index in [9.17, 15) is 4.79 Å². The first-order valence-corrected chi connectivity index (χ1v) is 12.4. The van der Waals surface area contributed by atoms with Crippen LogP contribution in [0.1, 0.15) is 36.6 Å². The van der Waals surface area contributed by atoms with Crippen LogP contribution in [0.15, 0.2) is 88.9 Å². The Labute approximate surface area is 209 Å². The number of amidine groups is 2. The van der Waals surface area contributed by atoms with Crippen molar-refractivity contribution in [2.75, 3.05) is 6.61 Å². The van der Waals surface area contributed by atoms with Gasteiger partial charge in [-0.1, -0.05) is 74.1 Å². The second-order valence-electron chi connectivity index (χ2n) is 8.60. The Kier molecular flexibility index (Phi) is 6.42. The molecule has 1 N–H and O–H groups in total. The Morgan fingerprint density at radius 1 is 1.06 bits per heavy atom. The van der Waals surface area contributed by atoms with Crippen molar-refractivity contribution in [3.05, 3.63) is 101 Å². The summed E-state index contributed by atoms with van der Waals surface area (Å²) >= 11 is 1.37. The first kappa shape index (κ1) is 22.9. The van der Waals surface area contributed by atoms with Crippen LogP contribution in [-0.2, 0) is 11.3 Å². The van der Waals surface area contributed by atoms with E-state index in [1.807, 2.05) is 76.8 Å². The zero-order valence-electron chi connectivity index (χ0n) is 19.6. The lowest BCUT2D eigenvalue weighted by atomic mass is 10.0. The Morgan fingerprint density at radius 3 is 2.63 bits per heavy atom. The molecule has 1 amide bonds. The van der Waals surface area contributed by atoms with Crippen LogP contribution < -0.4 is 4.74 Å². The van der Waals surface area contributed by atoms with Gasteiger partial charge in [-0.2, -0.15) is 4.99 Å². The topological polar surface area (TPSA) is 70.7 Å². The number of para-hydroxylation sites is 1. The molecule has 7 heteroatoms. The number of nitrogens with zero attached hydrogens (tertiary/aromatic N) is 3. The second kappa shape index (κ2) is 9.80. The number of fused-ring (bicyclic) bond motifs is 1. The molecule has 2 aromatic carbocycles. The number of aliphatic imine (C=N–C) groups is 1. The van der Waals surface area contributed by atoms with Crippen LogP contribution >= 0.6 is 11.8 Å². The average molecular weight is 483 g/mol. The fourth-order valence-electron chi connectivity index (χ4n) is 4.17. The molecule has 0 saturated heterocycles. The minimum absolute atomic E-state index is 0.134. The highest BCUT2D eigenvalue weighted by Crippen LogP contribution is 2.37. The number of nitrogens with one attached hydrogen (secondary N) is 1. The zero-order chi connectivity index (χ0) is 24.4. The van der Waals surface area contributed by atoms with E-state index in [4.69, 9.17) is 10.1 Å². The molecule has 0 saturated carbocycles. The van der Waals surface area contributed by atoms with Gasteiger partial charge in [-0.05, 0) is 41.3 Å². The van der Waals surface area contributed by atoms with Crippen LogP contribution in [0, 0.1) is 5.41 Å². The first-order valence-electron chi connectivity index (χ1n) is 11.6. The predicted molar refractivity (Wildman–Crippen MR) is 142 cm³/mol. The molecule has 3 heterocycles. The molecular formula is C28H26N4O2S. The monoisotopic (exact) mass is 482 g/mol. The molecule has 0 atom stereocenters. The van der Waals surface area contributed by atoms with Gasteiger partial charge in [0, 0.05) is 17.3 Å². The van der Waals surface area contributed by atoms with E-state index < -0.39 is 5.91 Å². The number of ether oxygens (including phenoxy) is 1. The van der Waals surface area contributed by atoms with Crippen molar-refractivity contribution >= 4 is 40.4 Å². The normalized spacial score (nSPS) is 16.5. The maximum Gasteiger partial charge on any atom is 0.283 e. The molecule has 0 bridgehead atoms. The smallest absolute Gasteiger partial charge is 0.283 e. The van der Waals surface area contributed by atoms with E-state index in [-0.39, 0.29) is 11.4 Å². The van der Waals surface area contributed by atoms with Gasteiger partial charge in [-0.15, -0.1) is 0 Å². The third-order valence-electron chi connectivity index (χ3n) is 5.97. The molecule has 2 aliphatic heterocycles. The van der Waals surface area contributed by atoms with Gasteiger partial charge in [0.25, 0.3) is 5.91 Å². The van der Waals surface area contributed by atoms with Gasteiger partial charge in [0.1, 0.15) is 18.2 Å². The van der Waals surface area contributed by atoms with Crippen molar-refractivity contribution in [1.82, 2.24) is 9.47 Å². The van der Waals surface area contributed by atoms with E-state index in [1.165, 1.54) is 17.3 Å². The van der Waals surface area contributed by atoms with Crippen LogP contribution in [0.5, 0.6) is 5.75 Å².